The largest absolute Gasteiger partial charge is 0.415 e. The van der Waals surface area contributed by atoms with Crippen LogP contribution >= 0.6 is 0 Å². The lowest BCUT2D eigenvalue weighted by Gasteiger charge is -2.42. The quantitative estimate of drug-likeness (QED) is 0.270. The Morgan fingerprint density at radius 2 is 1.80 bits per heavy atom. The van der Waals surface area contributed by atoms with Gasteiger partial charge in [0.1, 0.15) is 5.82 Å². The minimum atomic E-state index is -4.32. The van der Waals surface area contributed by atoms with Crippen LogP contribution < -0.4 is 5.73 Å². The Morgan fingerprint density at radius 3 is 2.32 bits per heavy atom. The van der Waals surface area contributed by atoms with E-state index in [1.165, 1.54) is 18.2 Å². The fourth-order valence-corrected chi connectivity index (χ4v) is 4.64. The number of rotatable bonds is 7. The summed E-state index contributed by atoms with van der Waals surface area (Å²) in [4.78, 5) is 18.7. The molecule has 1 amide bonds. The minimum absolute atomic E-state index is 0.0583. The van der Waals surface area contributed by atoms with Gasteiger partial charge in [-0.1, -0.05) is 58.1 Å². The molecule has 1 atom stereocenters. The van der Waals surface area contributed by atoms with E-state index >= 15 is 0 Å². The van der Waals surface area contributed by atoms with Crippen LogP contribution in [-0.4, -0.2) is 39.6 Å². The molecule has 0 aliphatic carbocycles. The Bertz CT molecular complexity index is 1300. The van der Waals surface area contributed by atoms with E-state index < -0.39 is 28.9 Å². The van der Waals surface area contributed by atoms with Gasteiger partial charge in [-0.25, -0.2) is 13.8 Å². The summed E-state index contributed by atoms with van der Waals surface area (Å²) in [5, 5.41) is 0. The van der Waals surface area contributed by atoms with E-state index in [0.717, 1.165) is 35.7 Å². The first-order valence-corrected chi connectivity index (χ1v) is 13.6. The van der Waals surface area contributed by atoms with Crippen LogP contribution in [0.1, 0.15) is 72.3 Å². The molecule has 0 fully saturated rings. The van der Waals surface area contributed by atoms with Gasteiger partial charge in [-0.3, -0.25) is 4.79 Å². The Labute approximate surface area is 239 Å². The van der Waals surface area contributed by atoms with Gasteiger partial charge in [0.05, 0.1) is 17.8 Å². The monoisotopic (exact) mass is 580 g/mol. The Kier molecular flexibility index (Phi) is 11.3. The van der Waals surface area contributed by atoms with Crippen molar-refractivity contribution in [3.8, 4) is 11.3 Å². The molecule has 3 rings (SSSR count). The van der Waals surface area contributed by atoms with E-state index in [0.29, 0.717) is 30.3 Å². The van der Waals surface area contributed by atoms with Crippen LogP contribution in [0.4, 0.5) is 22.0 Å². The number of hydrogen-bond donors (Lipinski definition) is 1. The lowest BCUT2D eigenvalue weighted by Crippen LogP contribution is -2.53. The van der Waals surface area contributed by atoms with Gasteiger partial charge in [0, 0.05) is 29.9 Å². The number of nitrogens with two attached hydrogens (primary N) is 1. The summed E-state index contributed by atoms with van der Waals surface area (Å²) in [6.45, 7) is 17.9. The van der Waals surface area contributed by atoms with Crippen LogP contribution in [0.25, 0.3) is 11.3 Å². The molecule has 1 aromatic heterocycles. The number of hydrogen-bond acceptors (Lipinski definition) is 3. The lowest BCUT2D eigenvalue weighted by molar-refractivity contribution is -0.137. The van der Waals surface area contributed by atoms with Crippen LogP contribution in [0, 0.1) is 17.6 Å². The molecule has 5 nitrogen and oxygen atoms in total. The van der Waals surface area contributed by atoms with Crippen molar-refractivity contribution in [2.45, 2.75) is 79.1 Å². The number of alkyl halides is 3. The first-order chi connectivity index (χ1) is 19.0. The van der Waals surface area contributed by atoms with Crippen molar-refractivity contribution in [1.82, 2.24) is 14.5 Å². The van der Waals surface area contributed by atoms with Crippen LogP contribution in [0.15, 0.2) is 54.2 Å². The number of fused-ring (bicyclic) bond motifs is 1. The van der Waals surface area contributed by atoms with E-state index in [2.05, 4.69) is 11.1 Å². The summed E-state index contributed by atoms with van der Waals surface area (Å²) in [5.74, 6) is -0.661. The molecule has 0 saturated heterocycles. The molecular formula is C31H41F5N4O. The molecule has 1 aromatic carbocycles. The van der Waals surface area contributed by atoms with Gasteiger partial charge in [0.15, 0.2) is 11.6 Å². The van der Waals surface area contributed by atoms with Crippen LogP contribution in [0.2, 0.25) is 0 Å². The lowest BCUT2D eigenvalue weighted by atomic mass is 9.98. The Morgan fingerprint density at radius 1 is 1.17 bits per heavy atom. The molecule has 41 heavy (non-hydrogen) atoms. The van der Waals surface area contributed by atoms with Gasteiger partial charge in [0.25, 0.3) is 0 Å². The molecule has 0 bridgehead atoms. The maximum Gasteiger partial charge on any atom is 0.415 e. The highest BCUT2D eigenvalue weighted by atomic mass is 19.4. The number of benzene rings is 1. The van der Waals surface area contributed by atoms with Crippen LogP contribution in [0.3, 0.4) is 0 Å². The normalized spacial score (nSPS) is 16.0. The second-order valence-corrected chi connectivity index (χ2v) is 11.0. The first-order valence-electron chi connectivity index (χ1n) is 13.6. The van der Waals surface area contributed by atoms with Crippen molar-refractivity contribution in [3.63, 3.8) is 0 Å². The zero-order chi connectivity index (χ0) is 31.3. The molecule has 1 unspecified atom stereocenters. The summed E-state index contributed by atoms with van der Waals surface area (Å²) in [7, 11) is 0. The van der Waals surface area contributed by atoms with E-state index in [-0.39, 0.29) is 18.4 Å². The number of nitrogens with zero attached hydrogens (tertiary/aromatic N) is 3. The number of carbonyl (C=O) groups excluding carboxylic acids is 1. The fourth-order valence-electron chi connectivity index (χ4n) is 4.64. The highest BCUT2D eigenvalue weighted by molar-refractivity contribution is 5.79. The van der Waals surface area contributed by atoms with Gasteiger partial charge in [-0.2, -0.15) is 13.2 Å². The topological polar surface area (TPSA) is 64.2 Å². The van der Waals surface area contributed by atoms with Gasteiger partial charge < -0.3 is 15.2 Å². The summed E-state index contributed by atoms with van der Waals surface area (Å²) < 4.78 is 65.3. The Balaban J connectivity index is 0.000000337. The molecule has 2 aromatic rings. The van der Waals surface area contributed by atoms with Gasteiger partial charge in [-0.15, -0.1) is 0 Å². The molecule has 0 spiro atoms. The number of halogens is 5. The first kappa shape index (κ1) is 33.9. The highest BCUT2D eigenvalue weighted by Crippen LogP contribution is 2.38. The van der Waals surface area contributed by atoms with E-state index in [9.17, 15) is 26.7 Å². The molecule has 1 aliphatic rings. The zero-order valence-electron chi connectivity index (χ0n) is 24.9. The van der Waals surface area contributed by atoms with E-state index in [4.69, 9.17) is 10.7 Å². The average molecular weight is 581 g/mol. The molecule has 10 heteroatoms. The fraction of sp³-hybridized carbons (Fsp3) is 0.484. The number of amides is 1. The molecule has 2 heterocycles. The number of allylic oxidation sites excluding steroid dienone is 5. The van der Waals surface area contributed by atoms with Crippen molar-refractivity contribution in [2.75, 3.05) is 13.1 Å². The zero-order valence-corrected chi connectivity index (χ0v) is 24.9. The van der Waals surface area contributed by atoms with Gasteiger partial charge in [-0.05, 0) is 57.2 Å². The SMILES string of the molecule is C=C(/C=C\C=C(\C)C(C)CC)C(F)(F)F.CC(C)c1c(-c2ccc(F)c(F)c2)nc2n1CCN(C(=O)CN)C2(C)C. The number of imidazole rings is 1. The minimum Gasteiger partial charge on any atom is -0.327 e. The molecule has 0 saturated carbocycles. The second-order valence-electron chi connectivity index (χ2n) is 11.0. The van der Waals surface area contributed by atoms with Gasteiger partial charge >= 0.3 is 6.18 Å². The molecule has 1 aliphatic heterocycles. The number of carbonyl (C=O) groups is 1. The van der Waals surface area contributed by atoms with Crippen molar-refractivity contribution in [3.05, 3.63) is 77.3 Å². The highest BCUT2D eigenvalue weighted by Gasteiger charge is 2.41. The van der Waals surface area contributed by atoms with Crippen LogP contribution in [0.5, 0.6) is 0 Å². The van der Waals surface area contributed by atoms with Gasteiger partial charge in [0.2, 0.25) is 5.91 Å². The maximum absolute atomic E-state index is 13.8. The third-order valence-corrected chi connectivity index (χ3v) is 7.40. The molecule has 2 N–H and O–H groups in total. The van der Waals surface area contributed by atoms with Crippen molar-refractivity contribution in [2.24, 2.45) is 11.7 Å². The summed E-state index contributed by atoms with van der Waals surface area (Å²) >= 11 is 0. The van der Waals surface area contributed by atoms with E-state index in [1.807, 2.05) is 48.5 Å². The smallest absolute Gasteiger partial charge is 0.327 e. The molecule has 0 radical (unpaired) electrons. The summed E-state index contributed by atoms with van der Waals surface area (Å²) in [5.41, 5.74) is 7.28. The summed E-state index contributed by atoms with van der Waals surface area (Å²) in [6.07, 6.45) is 0.749. The van der Waals surface area contributed by atoms with Crippen molar-refractivity contribution < 1.29 is 26.7 Å². The van der Waals surface area contributed by atoms with Crippen LogP contribution in [-0.2, 0) is 16.9 Å². The maximum atomic E-state index is 13.8. The molecular weight excluding hydrogens is 539 g/mol. The predicted molar refractivity (Wildman–Crippen MR) is 153 cm³/mol. The molecule has 226 valence electrons. The average Bonchev–Trinajstić information content (AvgIpc) is 3.30. The third-order valence-electron chi connectivity index (χ3n) is 7.40. The predicted octanol–water partition coefficient (Wildman–Crippen LogP) is 7.64. The second kappa shape index (κ2) is 13.6. The Hall–Kier alpha value is -3.27. The van der Waals surface area contributed by atoms with E-state index in [1.54, 1.807) is 11.0 Å². The third kappa shape index (κ3) is 7.93. The van der Waals surface area contributed by atoms with Crippen molar-refractivity contribution >= 4 is 5.91 Å². The number of aromatic nitrogens is 2. The van der Waals surface area contributed by atoms with Crippen molar-refractivity contribution in [1.29, 1.82) is 0 Å². The summed E-state index contributed by atoms with van der Waals surface area (Å²) in [6, 6.07) is 3.82. The standard InChI is InChI=1S/C19H24F2N4O.C12H17F3/c1-11(2)17-16(12-5-6-13(20)14(21)9-12)23-18-19(3,4)25(15(26)10-22)8-7-24(17)18;1-5-9(2)10(3)7-6-8-11(4)12(13,14)15/h5-6,9,11H,7-8,10,22H2,1-4H3;6-9H,4-5H2,1-3H3/b;8-6-,10-7-.